The molecular formula is C23H24FN3O2. The number of para-hydroxylation sites is 2. The molecule has 0 radical (unpaired) electrons. The molecule has 0 spiro atoms. The molecule has 1 amide bonds. The summed E-state index contributed by atoms with van der Waals surface area (Å²) in [6, 6.07) is 17.2. The average Bonchev–Trinajstić information content (AvgIpc) is 2.71. The lowest BCUT2D eigenvalue weighted by molar-refractivity contribution is 0.102. The molecule has 3 rings (SSSR count). The minimum atomic E-state index is -0.254. The van der Waals surface area contributed by atoms with Crippen molar-refractivity contribution < 1.29 is 13.9 Å². The SMILES string of the molecule is CC(C)Oc1ccccc1NC(=O)c1ccc(NCCc2ccc(F)cc2)nc1. The van der Waals surface area contributed by atoms with Crippen LogP contribution in [0.4, 0.5) is 15.9 Å². The zero-order valence-electron chi connectivity index (χ0n) is 16.5. The predicted molar refractivity (Wildman–Crippen MR) is 113 cm³/mol. The summed E-state index contributed by atoms with van der Waals surface area (Å²) in [4.78, 5) is 16.8. The fraction of sp³-hybridized carbons (Fsp3) is 0.217. The largest absolute Gasteiger partial charge is 0.489 e. The maximum absolute atomic E-state index is 12.9. The van der Waals surface area contributed by atoms with E-state index in [1.165, 1.54) is 18.3 Å². The molecule has 2 N–H and O–H groups in total. The molecule has 0 aliphatic carbocycles. The van der Waals surface area contributed by atoms with Gasteiger partial charge in [-0.15, -0.1) is 0 Å². The normalized spacial score (nSPS) is 10.6. The van der Waals surface area contributed by atoms with Crippen LogP contribution < -0.4 is 15.4 Å². The zero-order valence-corrected chi connectivity index (χ0v) is 16.5. The standard InChI is InChI=1S/C23H24FN3O2/c1-16(2)29-21-6-4-3-5-20(21)27-23(28)18-9-12-22(26-15-18)25-14-13-17-7-10-19(24)11-8-17/h3-12,15-16H,13-14H2,1-2H3,(H,25,26)(H,27,28). The lowest BCUT2D eigenvalue weighted by atomic mass is 10.1. The molecule has 3 aromatic rings. The number of rotatable bonds is 8. The van der Waals surface area contributed by atoms with Gasteiger partial charge in [0.2, 0.25) is 0 Å². The molecule has 1 aromatic heterocycles. The second-order valence-corrected chi connectivity index (χ2v) is 6.85. The molecule has 0 atom stereocenters. The number of pyridine rings is 1. The van der Waals surface area contributed by atoms with Crippen LogP contribution in [0.15, 0.2) is 66.9 Å². The van der Waals surface area contributed by atoms with Crippen molar-refractivity contribution in [1.29, 1.82) is 0 Å². The Labute approximate surface area is 169 Å². The minimum Gasteiger partial charge on any atom is -0.489 e. The van der Waals surface area contributed by atoms with Gasteiger partial charge in [-0.25, -0.2) is 9.37 Å². The Balaban J connectivity index is 1.55. The average molecular weight is 393 g/mol. The Bertz CT molecular complexity index is 941. The number of benzene rings is 2. The highest BCUT2D eigenvalue weighted by Crippen LogP contribution is 2.25. The smallest absolute Gasteiger partial charge is 0.257 e. The fourth-order valence-electron chi connectivity index (χ4n) is 2.74. The van der Waals surface area contributed by atoms with E-state index in [-0.39, 0.29) is 17.8 Å². The quantitative estimate of drug-likeness (QED) is 0.570. The maximum Gasteiger partial charge on any atom is 0.257 e. The highest BCUT2D eigenvalue weighted by atomic mass is 19.1. The fourth-order valence-corrected chi connectivity index (χ4v) is 2.74. The van der Waals surface area contributed by atoms with Gasteiger partial charge in [-0.1, -0.05) is 24.3 Å². The zero-order chi connectivity index (χ0) is 20.6. The summed E-state index contributed by atoms with van der Waals surface area (Å²) >= 11 is 0. The molecule has 6 heteroatoms. The molecule has 2 aromatic carbocycles. The summed E-state index contributed by atoms with van der Waals surface area (Å²) in [5, 5.41) is 6.06. The first-order valence-corrected chi connectivity index (χ1v) is 9.52. The van der Waals surface area contributed by atoms with E-state index >= 15 is 0 Å². The number of halogens is 1. The Morgan fingerprint density at radius 2 is 1.83 bits per heavy atom. The van der Waals surface area contributed by atoms with Gasteiger partial charge in [0.1, 0.15) is 17.4 Å². The Kier molecular flexibility index (Phi) is 6.79. The van der Waals surface area contributed by atoms with Crippen molar-refractivity contribution in [3.05, 3.63) is 83.8 Å². The van der Waals surface area contributed by atoms with Gasteiger partial charge in [0.15, 0.2) is 0 Å². The van der Waals surface area contributed by atoms with Crippen LogP contribution in [0.3, 0.4) is 0 Å². The van der Waals surface area contributed by atoms with Crippen molar-refractivity contribution in [2.75, 3.05) is 17.2 Å². The number of carbonyl (C=O) groups is 1. The van der Waals surface area contributed by atoms with Crippen LogP contribution in [0.25, 0.3) is 0 Å². The predicted octanol–water partition coefficient (Wildman–Crippen LogP) is 4.91. The van der Waals surface area contributed by atoms with E-state index in [1.807, 2.05) is 32.0 Å². The van der Waals surface area contributed by atoms with E-state index < -0.39 is 0 Å². The van der Waals surface area contributed by atoms with Gasteiger partial charge >= 0.3 is 0 Å². The first-order chi connectivity index (χ1) is 14.0. The summed E-state index contributed by atoms with van der Waals surface area (Å²) in [6.45, 7) is 4.53. The second-order valence-electron chi connectivity index (χ2n) is 6.85. The maximum atomic E-state index is 12.9. The molecule has 0 aliphatic rings. The summed E-state index contributed by atoms with van der Waals surface area (Å²) in [7, 11) is 0. The summed E-state index contributed by atoms with van der Waals surface area (Å²) in [5.74, 6) is 0.806. The topological polar surface area (TPSA) is 63.2 Å². The first kappa shape index (κ1) is 20.3. The van der Waals surface area contributed by atoms with Crippen LogP contribution in [0, 0.1) is 5.82 Å². The van der Waals surface area contributed by atoms with E-state index in [4.69, 9.17) is 4.74 Å². The van der Waals surface area contributed by atoms with Crippen LogP contribution >= 0.6 is 0 Å². The molecule has 0 bridgehead atoms. The van der Waals surface area contributed by atoms with Crippen molar-refractivity contribution in [3.8, 4) is 5.75 Å². The molecule has 150 valence electrons. The molecule has 0 unspecified atom stereocenters. The Hall–Kier alpha value is -3.41. The number of ether oxygens (including phenoxy) is 1. The third-order valence-electron chi connectivity index (χ3n) is 4.16. The van der Waals surface area contributed by atoms with Gasteiger partial charge in [-0.2, -0.15) is 0 Å². The number of aromatic nitrogens is 1. The van der Waals surface area contributed by atoms with Crippen LogP contribution in [-0.2, 0) is 6.42 Å². The van der Waals surface area contributed by atoms with Gasteiger partial charge in [0, 0.05) is 12.7 Å². The third-order valence-corrected chi connectivity index (χ3v) is 4.16. The summed E-state index contributed by atoms with van der Waals surface area (Å²) in [6.07, 6.45) is 2.29. The van der Waals surface area contributed by atoms with E-state index in [0.717, 1.165) is 12.0 Å². The first-order valence-electron chi connectivity index (χ1n) is 9.52. The number of carbonyl (C=O) groups excluding carboxylic acids is 1. The molecular weight excluding hydrogens is 369 g/mol. The van der Waals surface area contributed by atoms with Gasteiger partial charge in [-0.3, -0.25) is 4.79 Å². The molecule has 0 saturated carbocycles. The summed E-state index contributed by atoms with van der Waals surface area (Å²) < 4.78 is 18.7. The number of nitrogens with one attached hydrogen (secondary N) is 2. The molecule has 5 nitrogen and oxygen atoms in total. The van der Waals surface area contributed by atoms with E-state index in [0.29, 0.717) is 29.4 Å². The van der Waals surface area contributed by atoms with Gasteiger partial charge in [-0.05, 0) is 62.2 Å². The number of hydrogen-bond donors (Lipinski definition) is 2. The lowest BCUT2D eigenvalue weighted by Gasteiger charge is -2.14. The van der Waals surface area contributed by atoms with Crippen molar-refractivity contribution in [2.45, 2.75) is 26.4 Å². The number of amides is 1. The molecule has 0 fully saturated rings. The highest BCUT2D eigenvalue weighted by molar-refractivity contribution is 6.04. The van der Waals surface area contributed by atoms with Crippen molar-refractivity contribution in [3.63, 3.8) is 0 Å². The monoisotopic (exact) mass is 393 g/mol. The molecule has 1 heterocycles. The molecule has 0 saturated heterocycles. The van der Waals surface area contributed by atoms with E-state index in [1.54, 1.807) is 30.3 Å². The van der Waals surface area contributed by atoms with E-state index in [9.17, 15) is 9.18 Å². The summed E-state index contributed by atoms with van der Waals surface area (Å²) in [5.41, 5.74) is 2.11. The van der Waals surface area contributed by atoms with Crippen LogP contribution in [-0.4, -0.2) is 23.5 Å². The van der Waals surface area contributed by atoms with E-state index in [2.05, 4.69) is 15.6 Å². The lowest BCUT2D eigenvalue weighted by Crippen LogP contribution is -2.15. The second kappa shape index (κ2) is 9.68. The Morgan fingerprint density at radius 3 is 2.52 bits per heavy atom. The van der Waals surface area contributed by atoms with Crippen LogP contribution in [0.1, 0.15) is 29.8 Å². The Morgan fingerprint density at radius 1 is 1.07 bits per heavy atom. The molecule has 29 heavy (non-hydrogen) atoms. The third kappa shape index (κ3) is 6.04. The van der Waals surface area contributed by atoms with Gasteiger partial charge in [0.05, 0.1) is 17.4 Å². The number of anilines is 2. The minimum absolute atomic E-state index is 0.00925. The number of nitrogens with zero attached hydrogens (tertiary/aromatic N) is 1. The highest BCUT2D eigenvalue weighted by Gasteiger charge is 2.11. The molecule has 0 aliphatic heterocycles. The van der Waals surface area contributed by atoms with Crippen molar-refractivity contribution in [1.82, 2.24) is 4.98 Å². The van der Waals surface area contributed by atoms with Crippen LogP contribution in [0.5, 0.6) is 5.75 Å². The van der Waals surface area contributed by atoms with Crippen LogP contribution in [0.2, 0.25) is 0 Å². The van der Waals surface area contributed by atoms with Crippen molar-refractivity contribution in [2.24, 2.45) is 0 Å². The number of hydrogen-bond acceptors (Lipinski definition) is 4. The van der Waals surface area contributed by atoms with Gasteiger partial charge < -0.3 is 15.4 Å². The van der Waals surface area contributed by atoms with Crippen molar-refractivity contribution >= 4 is 17.4 Å². The van der Waals surface area contributed by atoms with Gasteiger partial charge in [0.25, 0.3) is 5.91 Å².